The topological polar surface area (TPSA) is 26.3 Å². The number of esters is 1. The summed E-state index contributed by atoms with van der Waals surface area (Å²) >= 11 is 0. The molecule has 8 atom stereocenters. The van der Waals surface area contributed by atoms with Crippen LogP contribution in [0.5, 0.6) is 0 Å². The van der Waals surface area contributed by atoms with E-state index >= 15 is 0 Å². The number of fused-ring (bicyclic) bond motifs is 5. The van der Waals surface area contributed by atoms with Crippen molar-refractivity contribution in [1.82, 2.24) is 0 Å². The van der Waals surface area contributed by atoms with E-state index in [2.05, 4.69) is 47.6 Å². The van der Waals surface area contributed by atoms with Crippen molar-refractivity contribution in [3.63, 3.8) is 0 Å². The Bertz CT molecular complexity index is 797. The van der Waals surface area contributed by atoms with Crippen molar-refractivity contribution >= 4 is 5.97 Å². The summed E-state index contributed by atoms with van der Waals surface area (Å²) < 4.78 is 6.04. The molecule has 3 saturated carbocycles. The average Bonchev–Trinajstić information content (AvgIpc) is 3.23. The number of carbonyl (C=O) groups is 1. The fourth-order valence-corrected chi connectivity index (χ4v) is 10.0. The molecule has 0 radical (unpaired) electrons. The molecule has 0 heterocycles. The van der Waals surface area contributed by atoms with Gasteiger partial charge in [0.2, 0.25) is 0 Å². The molecule has 4 rings (SSSR count). The maximum absolute atomic E-state index is 12.6. The second kappa shape index (κ2) is 13.2. The van der Waals surface area contributed by atoms with Gasteiger partial charge in [0.15, 0.2) is 0 Å². The van der Waals surface area contributed by atoms with E-state index < -0.39 is 0 Å². The van der Waals surface area contributed by atoms with Crippen LogP contribution in [0.1, 0.15) is 157 Å². The van der Waals surface area contributed by atoms with Gasteiger partial charge in [-0.05, 0) is 97.7 Å². The van der Waals surface area contributed by atoms with Crippen LogP contribution in [0.4, 0.5) is 0 Å². The van der Waals surface area contributed by atoms with Crippen molar-refractivity contribution in [3.05, 3.63) is 11.6 Å². The van der Waals surface area contributed by atoms with Crippen LogP contribution in [-0.4, -0.2) is 12.1 Å². The monoisotopic (exact) mass is 526 g/mol. The first-order valence-corrected chi connectivity index (χ1v) is 17.1. The van der Waals surface area contributed by atoms with Crippen LogP contribution in [-0.2, 0) is 9.53 Å². The summed E-state index contributed by atoms with van der Waals surface area (Å²) in [5, 5.41) is 0. The molecule has 4 aliphatic rings. The molecule has 2 unspecified atom stereocenters. The van der Waals surface area contributed by atoms with E-state index in [1.807, 2.05) is 0 Å². The minimum atomic E-state index is 0.0522. The minimum Gasteiger partial charge on any atom is -0.462 e. The number of allylic oxidation sites excluding steroid dienone is 1. The molecule has 4 aliphatic carbocycles. The lowest BCUT2D eigenvalue weighted by molar-refractivity contribution is -0.151. The fourth-order valence-electron chi connectivity index (χ4n) is 10.0. The predicted molar refractivity (Wildman–Crippen MR) is 161 cm³/mol. The Labute approximate surface area is 236 Å². The van der Waals surface area contributed by atoms with Crippen molar-refractivity contribution in [2.24, 2.45) is 46.3 Å². The maximum atomic E-state index is 12.6. The lowest BCUT2D eigenvalue weighted by Crippen LogP contribution is -2.51. The Morgan fingerprint density at radius 1 is 0.921 bits per heavy atom. The second-order valence-electron chi connectivity index (χ2n) is 15.2. The number of unbranched alkanes of at least 4 members (excludes halogenated alkanes) is 5. The highest BCUT2D eigenvalue weighted by atomic mass is 16.5. The molecule has 0 aliphatic heterocycles. The third kappa shape index (κ3) is 6.57. The minimum absolute atomic E-state index is 0.0522. The molecule has 0 aromatic rings. The van der Waals surface area contributed by atoms with Crippen LogP contribution in [0.2, 0.25) is 0 Å². The molecule has 0 saturated heterocycles. The molecule has 0 N–H and O–H groups in total. The Morgan fingerprint density at radius 3 is 2.45 bits per heavy atom. The Morgan fingerprint density at radius 2 is 1.68 bits per heavy atom. The molecule has 2 heteroatoms. The van der Waals surface area contributed by atoms with Gasteiger partial charge >= 0.3 is 5.97 Å². The van der Waals surface area contributed by atoms with Gasteiger partial charge in [0.25, 0.3) is 0 Å². The van der Waals surface area contributed by atoms with E-state index in [-0.39, 0.29) is 12.1 Å². The highest BCUT2D eigenvalue weighted by Gasteiger charge is 2.59. The number of carbonyl (C=O) groups excluding carboxylic acids is 1. The van der Waals surface area contributed by atoms with Gasteiger partial charge in [-0.15, -0.1) is 0 Å². The summed E-state index contributed by atoms with van der Waals surface area (Å²) in [7, 11) is 0. The zero-order valence-corrected chi connectivity index (χ0v) is 26.2. The molecule has 38 heavy (non-hydrogen) atoms. The standard InChI is InChI=1S/C36H62O2/c1-7-8-9-10-11-12-16-34(37)38-29-21-23-35(5)28(25-29)17-18-30-32-20-19-31(27(4)15-13-14-26(2)3)36(32,6)24-22-33(30)35/h17,26-27,29-33H,7-16,18-25H2,1-6H3/t27-,29-,30-,31+,32?,33?,35-,36+/m0/s1. The summed E-state index contributed by atoms with van der Waals surface area (Å²) in [6.07, 6.45) is 25.3. The number of hydrogen-bond acceptors (Lipinski definition) is 2. The zero-order chi connectivity index (χ0) is 27.3. The summed E-state index contributed by atoms with van der Waals surface area (Å²) in [6, 6.07) is 0. The molecular formula is C36H62O2. The Balaban J connectivity index is 1.31. The van der Waals surface area contributed by atoms with Crippen molar-refractivity contribution < 1.29 is 9.53 Å². The lowest BCUT2D eigenvalue weighted by atomic mass is 9.47. The van der Waals surface area contributed by atoms with Crippen molar-refractivity contribution in [3.8, 4) is 0 Å². The first-order chi connectivity index (χ1) is 18.2. The van der Waals surface area contributed by atoms with Gasteiger partial charge in [-0.1, -0.05) is 105 Å². The van der Waals surface area contributed by atoms with Crippen LogP contribution in [0, 0.1) is 46.3 Å². The maximum Gasteiger partial charge on any atom is 0.306 e. The van der Waals surface area contributed by atoms with E-state index in [0.29, 0.717) is 17.3 Å². The van der Waals surface area contributed by atoms with Gasteiger partial charge in [-0.3, -0.25) is 4.79 Å². The SMILES string of the molecule is CCCCCCCCC(=O)O[C@H]1CC[C@@]2(C)C(=CC[C@@H]3C2CC[C@@]2(C)C3CC[C@@H]2[C@@H](C)CCCC(C)C)C1. The highest BCUT2D eigenvalue weighted by Crippen LogP contribution is 2.67. The molecule has 0 bridgehead atoms. The first kappa shape index (κ1) is 30.2. The second-order valence-corrected chi connectivity index (χ2v) is 15.2. The molecule has 0 aromatic carbocycles. The van der Waals surface area contributed by atoms with Gasteiger partial charge in [0, 0.05) is 12.8 Å². The van der Waals surface area contributed by atoms with Crippen LogP contribution < -0.4 is 0 Å². The van der Waals surface area contributed by atoms with Crippen LogP contribution in [0.3, 0.4) is 0 Å². The Hall–Kier alpha value is -0.790. The van der Waals surface area contributed by atoms with Gasteiger partial charge in [0.1, 0.15) is 6.10 Å². The molecule has 218 valence electrons. The van der Waals surface area contributed by atoms with Crippen LogP contribution >= 0.6 is 0 Å². The largest absolute Gasteiger partial charge is 0.462 e. The predicted octanol–water partition coefficient (Wildman–Crippen LogP) is 10.7. The van der Waals surface area contributed by atoms with Gasteiger partial charge in [0.05, 0.1) is 0 Å². The van der Waals surface area contributed by atoms with E-state index in [0.717, 1.165) is 54.8 Å². The van der Waals surface area contributed by atoms with Crippen molar-refractivity contribution in [1.29, 1.82) is 0 Å². The fraction of sp³-hybridized carbons (Fsp3) is 0.917. The van der Waals surface area contributed by atoms with Crippen LogP contribution in [0.15, 0.2) is 11.6 Å². The Kier molecular flexibility index (Phi) is 10.5. The van der Waals surface area contributed by atoms with Gasteiger partial charge in [-0.2, -0.15) is 0 Å². The quantitative estimate of drug-likeness (QED) is 0.135. The third-order valence-corrected chi connectivity index (χ3v) is 12.3. The summed E-state index contributed by atoms with van der Waals surface area (Å²) in [5.74, 6) is 5.34. The molecule has 0 spiro atoms. The van der Waals surface area contributed by atoms with Gasteiger partial charge in [-0.25, -0.2) is 0 Å². The number of ether oxygens (including phenoxy) is 1. The summed E-state index contributed by atoms with van der Waals surface area (Å²) in [5.41, 5.74) is 2.54. The lowest BCUT2D eigenvalue weighted by Gasteiger charge is -2.58. The smallest absolute Gasteiger partial charge is 0.306 e. The molecule has 0 amide bonds. The van der Waals surface area contributed by atoms with Crippen LogP contribution in [0.25, 0.3) is 0 Å². The third-order valence-electron chi connectivity index (χ3n) is 12.3. The van der Waals surface area contributed by atoms with E-state index in [1.165, 1.54) is 89.9 Å². The molecular weight excluding hydrogens is 464 g/mol. The van der Waals surface area contributed by atoms with Gasteiger partial charge < -0.3 is 4.74 Å². The zero-order valence-electron chi connectivity index (χ0n) is 26.2. The molecule has 3 fully saturated rings. The number of rotatable bonds is 13. The average molecular weight is 527 g/mol. The highest BCUT2D eigenvalue weighted by molar-refractivity contribution is 5.69. The first-order valence-electron chi connectivity index (χ1n) is 17.1. The van der Waals surface area contributed by atoms with E-state index in [1.54, 1.807) is 5.57 Å². The number of hydrogen-bond donors (Lipinski definition) is 0. The summed E-state index contributed by atoms with van der Waals surface area (Å²) in [4.78, 5) is 12.6. The van der Waals surface area contributed by atoms with E-state index in [9.17, 15) is 4.79 Å². The van der Waals surface area contributed by atoms with E-state index in [4.69, 9.17) is 4.74 Å². The summed E-state index contributed by atoms with van der Waals surface area (Å²) in [6.45, 7) is 14.9. The van der Waals surface area contributed by atoms with Crippen molar-refractivity contribution in [2.45, 2.75) is 163 Å². The van der Waals surface area contributed by atoms with Crippen molar-refractivity contribution in [2.75, 3.05) is 0 Å². The molecule has 0 aromatic heterocycles. The normalized spacial score (nSPS) is 37.2. The molecule has 2 nitrogen and oxygen atoms in total.